The summed E-state index contributed by atoms with van der Waals surface area (Å²) in [6, 6.07) is 6.05. The number of methoxy groups -OCH3 is 2. The van der Waals surface area contributed by atoms with E-state index in [1.54, 1.807) is 14.2 Å². The van der Waals surface area contributed by atoms with Gasteiger partial charge in [0.1, 0.15) is 0 Å². The molecular weight excluding hydrogens is 262 g/mol. The van der Waals surface area contributed by atoms with Gasteiger partial charge >= 0.3 is 0 Å². The molecule has 0 radical (unpaired) electrons. The van der Waals surface area contributed by atoms with Gasteiger partial charge in [0.05, 0.1) is 14.2 Å². The van der Waals surface area contributed by atoms with Gasteiger partial charge < -0.3 is 14.8 Å². The molecule has 0 aromatic heterocycles. The molecule has 1 aromatic rings. The quantitative estimate of drug-likeness (QED) is 0.862. The fraction of sp³-hybridized carbons (Fsp3) is 0.556. The van der Waals surface area contributed by atoms with Crippen molar-refractivity contribution in [2.75, 3.05) is 27.8 Å². The number of ether oxygens (including phenoxy) is 2. The van der Waals surface area contributed by atoms with E-state index < -0.39 is 0 Å². The Morgan fingerprint density at radius 1 is 1.19 bits per heavy atom. The maximum absolute atomic E-state index is 5.54. The van der Waals surface area contributed by atoms with E-state index in [-0.39, 0.29) is 0 Å². The molecule has 0 amide bonds. The summed E-state index contributed by atoms with van der Waals surface area (Å²) in [4.78, 5) is 0. The molecule has 0 saturated heterocycles. The molecule has 0 spiro atoms. The van der Waals surface area contributed by atoms with Crippen LogP contribution in [0.2, 0.25) is 0 Å². The first-order valence-corrected chi connectivity index (χ1v) is 7.86. The van der Waals surface area contributed by atoms with Crippen LogP contribution in [0.3, 0.4) is 0 Å². The van der Waals surface area contributed by atoms with Crippen LogP contribution >= 0.6 is 0 Å². The summed E-state index contributed by atoms with van der Waals surface area (Å²) in [6.45, 7) is 0.936. The molecule has 1 N–H and O–H groups in total. The number of benzene rings is 1. The van der Waals surface area contributed by atoms with Crippen molar-refractivity contribution in [2.45, 2.75) is 32.1 Å². The highest BCUT2D eigenvalue weighted by atomic mass is 16.5. The molecule has 1 aromatic carbocycles. The molecule has 0 heterocycles. The Labute approximate surface area is 128 Å². The van der Waals surface area contributed by atoms with Gasteiger partial charge in [0, 0.05) is 12.1 Å². The van der Waals surface area contributed by atoms with Crippen LogP contribution in [0.4, 0.5) is 0 Å². The Kier molecular flexibility index (Phi) is 6.12. The topological polar surface area (TPSA) is 30.5 Å². The SMILES string of the molecule is CNC/C(=C/c1cccc(OC)c1OC)C1CCCCC1. The molecule has 1 aliphatic rings. The van der Waals surface area contributed by atoms with Gasteiger partial charge in [-0.25, -0.2) is 0 Å². The lowest BCUT2D eigenvalue weighted by Gasteiger charge is -2.25. The minimum absolute atomic E-state index is 0.696. The third-order valence-corrected chi connectivity index (χ3v) is 4.28. The Morgan fingerprint density at radius 2 is 1.95 bits per heavy atom. The number of hydrogen-bond acceptors (Lipinski definition) is 3. The van der Waals surface area contributed by atoms with Crippen molar-refractivity contribution in [3.8, 4) is 11.5 Å². The van der Waals surface area contributed by atoms with E-state index in [1.807, 2.05) is 19.2 Å². The van der Waals surface area contributed by atoms with Gasteiger partial charge in [-0.05, 0) is 31.9 Å². The predicted octanol–water partition coefficient (Wildman–Crippen LogP) is 3.89. The second kappa shape index (κ2) is 8.08. The van der Waals surface area contributed by atoms with Crippen molar-refractivity contribution in [3.63, 3.8) is 0 Å². The number of para-hydroxylation sites is 1. The molecule has 3 nitrogen and oxygen atoms in total. The smallest absolute Gasteiger partial charge is 0.167 e. The molecule has 1 aliphatic carbocycles. The lowest BCUT2D eigenvalue weighted by atomic mass is 9.83. The summed E-state index contributed by atoms with van der Waals surface area (Å²) < 4.78 is 10.9. The zero-order chi connectivity index (χ0) is 15.1. The van der Waals surface area contributed by atoms with Gasteiger partial charge in [0.15, 0.2) is 11.5 Å². The van der Waals surface area contributed by atoms with Crippen molar-refractivity contribution in [3.05, 3.63) is 29.3 Å². The molecule has 3 heteroatoms. The number of likely N-dealkylation sites (N-methyl/N-ethyl adjacent to an activating group) is 1. The molecule has 0 atom stereocenters. The first-order valence-electron chi connectivity index (χ1n) is 7.86. The van der Waals surface area contributed by atoms with Crippen LogP contribution in [0, 0.1) is 5.92 Å². The summed E-state index contributed by atoms with van der Waals surface area (Å²) >= 11 is 0. The van der Waals surface area contributed by atoms with Crippen LogP contribution < -0.4 is 14.8 Å². The van der Waals surface area contributed by atoms with Gasteiger partial charge in [-0.3, -0.25) is 0 Å². The maximum atomic E-state index is 5.54. The van der Waals surface area contributed by atoms with Gasteiger partial charge in [-0.2, -0.15) is 0 Å². The summed E-state index contributed by atoms with van der Waals surface area (Å²) in [7, 11) is 5.40. The molecule has 0 aliphatic heterocycles. The zero-order valence-corrected chi connectivity index (χ0v) is 13.4. The summed E-state index contributed by atoms with van der Waals surface area (Å²) in [6.07, 6.45) is 8.97. The first kappa shape index (κ1) is 15.9. The van der Waals surface area contributed by atoms with E-state index in [0.717, 1.165) is 23.6 Å². The number of nitrogens with one attached hydrogen (secondary N) is 1. The molecule has 0 bridgehead atoms. The fourth-order valence-electron chi connectivity index (χ4n) is 3.22. The van der Waals surface area contributed by atoms with E-state index in [2.05, 4.69) is 17.5 Å². The number of rotatable bonds is 6. The van der Waals surface area contributed by atoms with Crippen LogP contribution in [0.15, 0.2) is 23.8 Å². The van der Waals surface area contributed by atoms with Crippen molar-refractivity contribution in [1.82, 2.24) is 5.32 Å². The van der Waals surface area contributed by atoms with Gasteiger partial charge in [0.2, 0.25) is 0 Å². The predicted molar refractivity (Wildman–Crippen MR) is 88.0 cm³/mol. The van der Waals surface area contributed by atoms with E-state index in [1.165, 1.54) is 37.7 Å². The van der Waals surface area contributed by atoms with Crippen molar-refractivity contribution in [1.29, 1.82) is 0 Å². The van der Waals surface area contributed by atoms with Crippen LogP contribution in [-0.2, 0) is 0 Å². The van der Waals surface area contributed by atoms with Gasteiger partial charge in [-0.15, -0.1) is 0 Å². The third-order valence-electron chi connectivity index (χ3n) is 4.28. The van der Waals surface area contributed by atoms with Crippen molar-refractivity contribution >= 4 is 6.08 Å². The minimum atomic E-state index is 0.696. The minimum Gasteiger partial charge on any atom is -0.493 e. The monoisotopic (exact) mass is 289 g/mol. The lowest BCUT2D eigenvalue weighted by molar-refractivity contribution is 0.354. The van der Waals surface area contributed by atoms with Gasteiger partial charge in [-0.1, -0.05) is 43.0 Å². The summed E-state index contributed by atoms with van der Waals surface area (Å²) in [5, 5.41) is 3.31. The highest BCUT2D eigenvalue weighted by Crippen LogP contribution is 2.35. The van der Waals surface area contributed by atoms with E-state index in [0.29, 0.717) is 5.92 Å². The molecule has 21 heavy (non-hydrogen) atoms. The van der Waals surface area contributed by atoms with Gasteiger partial charge in [0.25, 0.3) is 0 Å². The number of hydrogen-bond donors (Lipinski definition) is 1. The maximum Gasteiger partial charge on any atom is 0.167 e. The Morgan fingerprint density at radius 3 is 2.57 bits per heavy atom. The largest absolute Gasteiger partial charge is 0.493 e. The first-order chi connectivity index (χ1) is 10.3. The lowest BCUT2D eigenvalue weighted by Crippen LogP contribution is -2.19. The second-order valence-electron chi connectivity index (χ2n) is 5.67. The van der Waals surface area contributed by atoms with Crippen LogP contribution in [0.25, 0.3) is 6.08 Å². The average molecular weight is 289 g/mol. The zero-order valence-electron chi connectivity index (χ0n) is 13.4. The van der Waals surface area contributed by atoms with E-state index in [4.69, 9.17) is 9.47 Å². The third kappa shape index (κ3) is 4.01. The second-order valence-corrected chi connectivity index (χ2v) is 5.67. The molecular formula is C18H27NO2. The summed E-state index contributed by atoms with van der Waals surface area (Å²) in [5.74, 6) is 2.31. The van der Waals surface area contributed by atoms with E-state index >= 15 is 0 Å². The highest BCUT2D eigenvalue weighted by Gasteiger charge is 2.18. The average Bonchev–Trinajstić information content (AvgIpc) is 2.55. The Hall–Kier alpha value is -1.48. The van der Waals surface area contributed by atoms with Crippen molar-refractivity contribution in [2.24, 2.45) is 5.92 Å². The van der Waals surface area contributed by atoms with Crippen LogP contribution in [0.5, 0.6) is 11.5 Å². The Balaban J connectivity index is 2.32. The van der Waals surface area contributed by atoms with E-state index in [9.17, 15) is 0 Å². The Bertz CT molecular complexity index is 476. The normalized spacial score (nSPS) is 16.8. The van der Waals surface area contributed by atoms with Crippen molar-refractivity contribution < 1.29 is 9.47 Å². The molecule has 1 saturated carbocycles. The molecule has 1 fully saturated rings. The molecule has 116 valence electrons. The standard InChI is InChI=1S/C18H27NO2/c1-19-13-16(14-8-5-4-6-9-14)12-15-10-7-11-17(20-2)18(15)21-3/h7,10-12,14,19H,4-6,8-9,13H2,1-3H3/b16-12-. The van der Waals surface area contributed by atoms with Crippen LogP contribution in [-0.4, -0.2) is 27.8 Å². The molecule has 2 rings (SSSR count). The molecule has 0 unspecified atom stereocenters. The fourth-order valence-corrected chi connectivity index (χ4v) is 3.22. The highest BCUT2D eigenvalue weighted by molar-refractivity contribution is 5.64. The summed E-state index contributed by atoms with van der Waals surface area (Å²) in [5.41, 5.74) is 2.58. The van der Waals surface area contributed by atoms with Crippen LogP contribution in [0.1, 0.15) is 37.7 Å².